The predicted octanol–water partition coefficient (Wildman–Crippen LogP) is 2.77. The Hall–Kier alpha value is -1.68. The lowest BCUT2D eigenvalue weighted by atomic mass is 10.3. The molecule has 0 amide bonds. The predicted molar refractivity (Wildman–Crippen MR) is 68.2 cm³/mol. The van der Waals surface area contributed by atoms with Gasteiger partial charge in [0.05, 0.1) is 17.1 Å². The number of halogens is 1. The van der Waals surface area contributed by atoms with Gasteiger partial charge in [-0.1, -0.05) is 11.6 Å². The lowest BCUT2D eigenvalue weighted by molar-refractivity contribution is 0.218. The molecule has 0 aliphatic heterocycles. The zero-order valence-corrected chi connectivity index (χ0v) is 10.5. The smallest absolute Gasteiger partial charge is 0.181 e. The van der Waals surface area contributed by atoms with Gasteiger partial charge in [0, 0.05) is 5.02 Å². The fraction of sp³-hybridized carbons (Fsp3) is 0.250. The molecule has 0 unspecified atom stereocenters. The van der Waals surface area contributed by atoms with Crippen molar-refractivity contribution in [3.05, 3.63) is 40.7 Å². The zero-order valence-electron chi connectivity index (χ0n) is 9.77. The van der Waals surface area contributed by atoms with Gasteiger partial charge in [-0.3, -0.25) is 0 Å². The summed E-state index contributed by atoms with van der Waals surface area (Å²) in [6.45, 7) is 4.13. The van der Waals surface area contributed by atoms with Crippen molar-refractivity contribution in [2.45, 2.75) is 20.6 Å². The highest BCUT2D eigenvalue weighted by Crippen LogP contribution is 2.18. The van der Waals surface area contributed by atoms with Crippen molar-refractivity contribution < 1.29 is 4.74 Å². The number of rotatable bonds is 3. The van der Waals surface area contributed by atoms with Crippen LogP contribution in [0, 0.1) is 13.8 Å². The third-order valence-corrected chi connectivity index (χ3v) is 2.86. The molecule has 1 aromatic heterocycles. The van der Waals surface area contributed by atoms with Crippen molar-refractivity contribution in [1.29, 1.82) is 0 Å². The van der Waals surface area contributed by atoms with Crippen LogP contribution >= 0.6 is 11.6 Å². The average Bonchev–Trinajstić information content (AvgIpc) is 2.56. The van der Waals surface area contributed by atoms with Crippen molar-refractivity contribution in [1.82, 2.24) is 9.78 Å². The molecule has 2 rings (SSSR count). The van der Waals surface area contributed by atoms with Crippen LogP contribution in [-0.2, 0) is 6.73 Å². The zero-order chi connectivity index (χ0) is 12.4. The molecule has 1 heterocycles. The Bertz CT molecular complexity index is 519. The minimum Gasteiger partial charge on any atom is -0.471 e. The number of anilines is 1. The fourth-order valence-electron chi connectivity index (χ4n) is 1.50. The number of nitrogens with zero attached hydrogens (tertiary/aromatic N) is 2. The molecule has 0 aliphatic rings. The lowest BCUT2D eigenvalue weighted by Gasteiger charge is -2.07. The maximum Gasteiger partial charge on any atom is 0.181 e. The molecule has 0 radical (unpaired) electrons. The maximum atomic E-state index is 5.84. The largest absolute Gasteiger partial charge is 0.471 e. The summed E-state index contributed by atoms with van der Waals surface area (Å²) in [6, 6.07) is 7.20. The van der Waals surface area contributed by atoms with Crippen molar-refractivity contribution in [2.75, 3.05) is 5.73 Å². The van der Waals surface area contributed by atoms with E-state index in [2.05, 4.69) is 5.10 Å². The lowest BCUT2D eigenvalue weighted by Crippen LogP contribution is -2.08. The molecule has 4 nitrogen and oxygen atoms in total. The van der Waals surface area contributed by atoms with Crippen molar-refractivity contribution in [3.63, 3.8) is 0 Å². The first-order valence-electron chi connectivity index (χ1n) is 5.26. The first-order valence-corrected chi connectivity index (χ1v) is 5.63. The SMILES string of the molecule is Cc1nn(COc2ccc(Cl)cc2)c(C)c1N. The summed E-state index contributed by atoms with van der Waals surface area (Å²) in [5.74, 6) is 0.750. The number of nitrogens with two attached hydrogens (primary N) is 1. The monoisotopic (exact) mass is 251 g/mol. The molecule has 5 heteroatoms. The molecule has 0 fully saturated rings. The molecule has 0 bridgehead atoms. The highest BCUT2D eigenvalue weighted by atomic mass is 35.5. The molecule has 2 N–H and O–H groups in total. The summed E-state index contributed by atoms with van der Waals surface area (Å²) in [4.78, 5) is 0. The highest BCUT2D eigenvalue weighted by Gasteiger charge is 2.07. The first-order chi connectivity index (χ1) is 8.08. The Morgan fingerprint density at radius 1 is 1.29 bits per heavy atom. The highest BCUT2D eigenvalue weighted by molar-refractivity contribution is 6.30. The average molecular weight is 252 g/mol. The van der Waals surface area contributed by atoms with E-state index in [0.717, 1.165) is 17.1 Å². The Morgan fingerprint density at radius 3 is 2.47 bits per heavy atom. The molecule has 0 atom stereocenters. The maximum absolute atomic E-state index is 5.84. The standard InChI is InChI=1S/C12H14ClN3O/c1-8-12(14)9(2)16(15-8)7-17-11-5-3-10(13)4-6-11/h3-6H,7,14H2,1-2H3. The molecule has 2 aromatic rings. The third kappa shape index (κ3) is 2.53. The molecule has 0 saturated heterocycles. The number of aromatic nitrogens is 2. The molecule has 17 heavy (non-hydrogen) atoms. The number of ether oxygens (including phenoxy) is 1. The van der Waals surface area contributed by atoms with Gasteiger partial charge in [0.2, 0.25) is 0 Å². The van der Waals surface area contributed by atoms with Gasteiger partial charge in [0.15, 0.2) is 6.73 Å². The van der Waals surface area contributed by atoms with Crippen LogP contribution in [-0.4, -0.2) is 9.78 Å². The van der Waals surface area contributed by atoms with E-state index in [1.54, 1.807) is 16.8 Å². The van der Waals surface area contributed by atoms with Crippen LogP contribution < -0.4 is 10.5 Å². The summed E-state index contributed by atoms with van der Waals surface area (Å²) >= 11 is 5.79. The van der Waals surface area contributed by atoms with Crippen molar-refractivity contribution >= 4 is 17.3 Å². The van der Waals surface area contributed by atoms with Gasteiger partial charge < -0.3 is 10.5 Å². The second-order valence-electron chi connectivity index (χ2n) is 3.81. The Morgan fingerprint density at radius 2 is 1.94 bits per heavy atom. The van der Waals surface area contributed by atoms with E-state index < -0.39 is 0 Å². The fourth-order valence-corrected chi connectivity index (χ4v) is 1.63. The number of benzene rings is 1. The van der Waals surface area contributed by atoms with Crippen molar-refractivity contribution in [3.8, 4) is 5.75 Å². The van der Waals surface area contributed by atoms with E-state index in [9.17, 15) is 0 Å². The van der Waals surface area contributed by atoms with E-state index in [4.69, 9.17) is 22.1 Å². The van der Waals surface area contributed by atoms with Crippen LogP contribution in [0.2, 0.25) is 5.02 Å². The second kappa shape index (κ2) is 4.67. The van der Waals surface area contributed by atoms with Gasteiger partial charge >= 0.3 is 0 Å². The van der Waals surface area contributed by atoms with Gasteiger partial charge in [-0.2, -0.15) is 5.10 Å². The van der Waals surface area contributed by atoms with Gasteiger partial charge in [0.1, 0.15) is 5.75 Å². The van der Waals surface area contributed by atoms with Crippen LogP contribution in [0.15, 0.2) is 24.3 Å². The van der Waals surface area contributed by atoms with Crippen LogP contribution in [0.1, 0.15) is 11.4 Å². The molecule has 1 aromatic carbocycles. The molecule has 0 spiro atoms. The van der Waals surface area contributed by atoms with E-state index in [0.29, 0.717) is 17.4 Å². The number of nitrogen functional groups attached to an aromatic ring is 1. The minimum absolute atomic E-state index is 0.339. The molecular weight excluding hydrogens is 238 g/mol. The first kappa shape index (κ1) is 11.8. The Balaban J connectivity index is 2.07. The molecule has 90 valence electrons. The molecule has 0 saturated carbocycles. The minimum atomic E-state index is 0.339. The van der Waals surface area contributed by atoms with Crippen LogP contribution in [0.5, 0.6) is 5.75 Å². The number of hydrogen-bond donors (Lipinski definition) is 1. The molecule has 0 aliphatic carbocycles. The summed E-state index contributed by atoms with van der Waals surface area (Å²) < 4.78 is 7.32. The van der Waals surface area contributed by atoms with Crippen molar-refractivity contribution in [2.24, 2.45) is 0 Å². The Kier molecular flexibility index (Phi) is 3.24. The summed E-state index contributed by atoms with van der Waals surface area (Å²) in [7, 11) is 0. The van der Waals surface area contributed by atoms with Gasteiger partial charge in [-0.05, 0) is 38.1 Å². The van der Waals surface area contributed by atoms with Crippen LogP contribution in [0.4, 0.5) is 5.69 Å². The van der Waals surface area contributed by atoms with Crippen LogP contribution in [0.3, 0.4) is 0 Å². The number of hydrogen-bond acceptors (Lipinski definition) is 3. The topological polar surface area (TPSA) is 53.1 Å². The van der Waals surface area contributed by atoms with Gasteiger partial charge in [0.25, 0.3) is 0 Å². The van der Waals surface area contributed by atoms with E-state index in [1.165, 1.54) is 0 Å². The number of aryl methyl sites for hydroxylation is 1. The summed E-state index contributed by atoms with van der Waals surface area (Å²) in [5.41, 5.74) is 8.28. The summed E-state index contributed by atoms with van der Waals surface area (Å²) in [6.07, 6.45) is 0. The van der Waals surface area contributed by atoms with Gasteiger partial charge in [-0.15, -0.1) is 0 Å². The summed E-state index contributed by atoms with van der Waals surface area (Å²) in [5, 5.41) is 4.97. The normalized spacial score (nSPS) is 10.5. The second-order valence-corrected chi connectivity index (χ2v) is 4.25. The van der Waals surface area contributed by atoms with Crippen LogP contribution in [0.25, 0.3) is 0 Å². The van der Waals surface area contributed by atoms with Gasteiger partial charge in [-0.25, -0.2) is 4.68 Å². The van der Waals surface area contributed by atoms with E-state index in [-0.39, 0.29) is 0 Å². The van der Waals surface area contributed by atoms with E-state index in [1.807, 2.05) is 26.0 Å². The Labute approximate surface area is 105 Å². The van der Waals surface area contributed by atoms with E-state index >= 15 is 0 Å². The quantitative estimate of drug-likeness (QED) is 0.913. The third-order valence-electron chi connectivity index (χ3n) is 2.60. The molecular formula is C12H14ClN3O.